The average molecular weight is 638 g/mol. The standard InChI is InChI=1S/C48H31NO/c1-2-15-37(16-3-1)49(38-25-22-32(23-26-38)43-29-35-14-6-7-17-39(35)41-19-8-9-20-42(41)43)46-21-11-10-18-40(46)36-24-27-47-44(30-36)45-28-33-12-4-5-13-34(33)31-48(45)50-47/h1-31H. The Labute approximate surface area is 290 Å². The van der Waals surface area contributed by atoms with Gasteiger partial charge in [-0.1, -0.05) is 127 Å². The summed E-state index contributed by atoms with van der Waals surface area (Å²) in [7, 11) is 0. The van der Waals surface area contributed by atoms with E-state index in [0.717, 1.165) is 50.1 Å². The first-order valence-electron chi connectivity index (χ1n) is 17.1. The highest BCUT2D eigenvalue weighted by Gasteiger charge is 2.19. The quantitative estimate of drug-likeness (QED) is 0.175. The van der Waals surface area contributed by atoms with Crippen molar-refractivity contribution >= 4 is 71.3 Å². The molecular weight excluding hydrogens is 607 g/mol. The van der Waals surface area contributed by atoms with E-state index in [2.05, 4.69) is 193 Å². The molecule has 0 fully saturated rings. The van der Waals surface area contributed by atoms with E-state index in [1.165, 1.54) is 43.4 Å². The van der Waals surface area contributed by atoms with Gasteiger partial charge < -0.3 is 9.32 Å². The Morgan fingerprint density at radius 2 is 0.920 bits per heavy atom. The Morgan fingerprint density at radius 3 is 1.74 bits per heavy atom. The van der Waals surface area contributed by atoms with Gasteiger partial charge in [0.2, 0.25) is 0 Å². The summed E-state index contributed by atoms with van der Waals surface area (Å²) in [5.41, 5.74) is 9.85. The highest BCUT2D eigenvalue weighted by molar-refractivity contribution is 6.14. The van der Waals surface area contributed by atoms with Crippen LogP contribution in [0.2, 0.25) is 0 Å². The lowest BCUT2D eigenvalue weighted by molar-refractivity contribution is 0.669. The van der Waals surface area contributed by atoms with Gasteiger partial charge in [-0.3, -0.25) is 0 Å². The molecular formula is C48H31NO. The predicted octanol–water partition coefficient (Wildman–Crippen LogP) is 13.8. The van der Waals surface area contributed by atoms with Crippen molar-refractivity contribution in [3.8, 4) is 22.3 Å². The van der Waals surface area contributed by atoms with Gasteiger partial charge in [-0.05, 0) is 110 Å². The molecule has 0 aliphatic rings. The number of rotatable bonds is 5. The second-order valence-corrected chi connectivity index (χ2v) is 12.9. The number of para-hydroxylation sites is 2. The van der Waals surface area contributed by atoms with Crippen LogP contribution < -0.4 is 4.90 Å². The first-order valence-corrected chi connectivity index (χ1v) is 17.1. The first-order chi connectivity index (χ1) is 24.8. The number of anilines is 3. The Kier molecular flexibility index (Phi) is 6.53. The molecule has 0 unspecified atom stereocenters. The molecule has 0 N–H and O–H groups in total. The highest BCUT2D eigenvalue weighted by atomic mass is 16.3. The second-order valence-electron chi connectivity index (χ2n) is 12.9. The van der Waals surface area contributed by atoms with Crippen molar-refractivity contribution in [2.24, 2.45) is 0 Å². The molecule has 234 valence electrons. The zero-order valence-electron chi connectivity index (χ0n) is 27.3. The van der Waals surface area contributed by atoms with Crippen LogP contribution in [0.3, 0.4) is 0 Å². The van der Waals surface area contributed by atoms with Gasteiger partial charge in [0, 0.05) is 27.7 Å². The average Bonchev–Trinajstić information content (AvgIpc) is 3.54. The van der Waals surface area contributed by atoms with Crippen molar-refractivity contribution < 1.29 is 4.42 Å². The van der Waals surface area contributed by atoms with Crippen molar-refractivity contribution in [2.45, 2.75) is 0 Å². The summed E-state index contributed by atoms with van der Waals surface area (Å²) in [5.74, 6) is 0. The van der Waals surface area contributed by atoms with Crippen LogP contribution in [0.25, 0.3) is 76.5 Å². The molecule has 10 aromatic rings. The van der Waals surface area contributed by atoms with E-state index in [-0.39, 0.29) is 0 Å². The molecule has 2 heteroatoms. The fourth-order valence-electron chi connectivity index (χ4n) is 7.63. The lowest BCUT2D eigenvalue weighted by atomic mass is 9.93. The molecule has 0 saturated heterocycles. The minimum absolute atomic E-state index is 0.897. The summed E-state index contributed by atoms with van der Waals surface area (Å²) >= 11 is 0. The van der Waals surface area contributed by atoms with Crippen LogP contribution >= 0.6 is 0 Å². The zero-order valence-corrected chi connectivity index (χ0v) is 27.3. The summed E-state index contributed by atoms with van der Waals surface area (Å²) in [6.45, 7) is 0. The molecule has 0 spiro atoms. The molecule has 0 aliphatic heterocycles. The molecule has 50 heavy (non-hydrogen) atoms. The summed E-state index contributed by atoms with van der Waals surface area (Å²) < 4.78 is 6.36. The third-order valence-corrected chi connectivity index (χ3v) is 10.0. The molecule has 0 amide bonds. The number of hydrogen-bond donors (Lipinski definition) is 0. The van der Waals surface area contributed by atoms with Gasteiger partial charge in [-0.25, -0.2) is 0 Å². The van der Waals surface area contributed by atoms with Crippen molar-refractivity contribution in [1.29, 1.82) is 0 Å². The van der Waals surface area contributed by atoms with Crippen molar-refractivity contribution in [3.05, 3.63) is 188 Å². The minimum atomic E-state index is 0.897. The van der Waals surface area contributed by atoms with Crippen molar-refractivity contribution in [1.82, 2.24) is 0 Å². The monoisotopic (exact) mass is 637 g/mol. The predicted molar refractivity (Wildman–Crippen MR) is 212 cm³/mol. The third kappa shape index (κ3) is 4.65. The van der Waals surface area contributed by atoms with E-state index in [1.54, 1.807) is 0 Å². The Hall–Kier alpha value is -6.64. The maximum atomic E-state index is 6.36. The summed E-state index contributed by atoms with van der Waals surface area (Å²) in [6.07, 6.45) is 0. The maximum Gasteiger partial charge on any atom is 0.136 e. The van der Waals surface area contributed by atoms with Crippen LogP contribution in [0.4, 0.5) is 17.1 Å². The third-order valence-electron chi connectivity index (χ3n) is 10.0. The summed E-state index contributed by atoms with van der Waals surface area (Å²) in [6, 6.07) is 67.5. The molecule has 9 aromatic carbocycles. The molecule has 1 aromatic heterocycles. The van der Waals surface area contributed by atoms with E-state index in [4.69, 9.17) is 4.42 Å². The van der Waals surface area contributed by atoms with Crippen LogP contribution in [0.1, 0.15) is 0 Å². The molecule has 10 rings (SSSR count). The van der Waals surface area contributed by atoms with Gasteiger partial charge in [-0.2, -0.15) is 0 Å². The lowest BCUT2D eigenvalue weighted by Crippen LogP contribution is -2.11. The topological polar surface area (TPSA) is 16.4 Å². The van der Waals surface area contributed by atoms with Gasteiger partial charge >= 0.3 is 0 Å². The van der Waals surface area contributed by atoms with Crippen molar-refractivity contribution in [3.63, 3.8) is 0 Å². The molecule has 0 bridgehead atoms. The number of nitrogens with zero attached hydrogens (tertiary/aromatic N) is 1. The largest absolute Gasteiger partial charge is 0.456 e. The van der Waals surface area contributed by atoms with Crippen molar-refractivity contribution in [2.75, 3.05) is 4.90 Å². The number of benzene rings is 9. The number of hydrogen-bond acceptors (Lipinski definition) is 2. The van der Waals surface area contributed by atoms with E-state index in [0.29, 0.717) is 0 Å². The van der Waals surface area contributed by atoms with Gasteiger partial charge in [-0.15, -0.1) is 0 Å². The zero-order chi connectivity index (χ0) is 33.0. The summed E-state index contributed by atoms with van der Waals surface area (Å²) in [5, 5.41) is 9.73. The molecule has 0 atom stereocenters. The highest BCUT2D eigenvalue weighted by Crippen LogP contribution is 2.43. The Balaban J connectivity index is 1.11. The van der Waals surface area contributed by atoms with E-state index >= 15 is 0 Å². The van der Waals surface area contributed by atoms with Gasteiger partial charge in [0.05, 0.1) is 5.69 Å². The van der Waals surface area contributed by atoms with Gasteiger partial charge in [0.15, 0.2) is 0 Å². The fourth-order valence-corrected chi connectivity index (χ4v) is 7.63. The summed E-state index contributed by atoms with van der Waals surface area (Å²) in [4.78, 5) is 2.36. The number of furan rings is 1. The fraction of sp³-hybridized carbons (Fsp3) is 0. The number of fused-ring (bicyclic) bond motifs is 7. The van der Waals surface area contributed by atoms with Gasteiger partial charge in [0.25, 0.3) is 0 Å². The van der Waals surface area contributed by atoms with E-state index in [9.17, 15) is 0 Å². The van der Waals surface area contributed by atoms with Gasteiger partial charge in [0.1, 0.15) is 11.2 Å². The van der Waals surface area contributed by atoms with E-state index < -0.39 is 0 Å². The molecule has 0 aliphatic carbocycles. The van der Waals surface area contributed by atoms with Crippen LogP contribution in [0.5, 0.6) is 0 Å². The van der Waals surface area contributed by atoms with Crippen LogP contribution in [0.15, 0.2) is 192 Å². The Morgan fingerprint density at radius 1 is 0.320 bits per heavy atom. The second kappa shape index (κ2) is 11.5. The van der Waals surface area contributed by atoms with Crippen LogP contribution in [-0.2, 0) is 0 Å². The minimum Gasteiger partial charge on any atom is -0.456 e. The maximum absolute atomic E-state index is 6.36. The normalized spacial score (nSPS) is 11.6. The molecule has 0 radical (unpaired) electrons. The first kappa shape index (κ1) is 28.4. The van der Waals surface area contributed by atoms with Crippen LogP contribution in [0, 0.1) is 0 Å². The Bertz CT molecular complexity index is 2870. The molecule has 2 nitrogen and oxygen atoms in total. The van der Waals surface area contributed by atoms with E-state index in [1.807, 2.05) is 0 Å². The SMILES string of the molecule is c1ccc(N(c2ccc(-c3cc4ccccc4c4ccccc34)cc2)c2ccccc2-c2ccc3oc4cc5ccccc5cc4c3c2)cc1. The lowest BCUT2D eigenvalue weighted by Gasteiger charge is -2.28. The smallest absolute Gasteiger partial charge is 0.136 e. The molecule has 0 saturated carbocycles. The molecule has 1 heterocycles. The van der Waals surface area contributed by atoms with Crippen LogP contribution in [-0.4, -0.2) is 0 Å².